The van der Waals surface area contributed by atoms with Crippen molar-refractivity contribution in [2.45, 2.75) is 35.1 Å². The first-order chi connectivity index (χ1) is 15.0. The fourth-order valence-electron chi connectivity index (χ4n) is 4.65. The first kappa shape index (κ1) is 22.3. The van der Waals surface area contributed by atoms with Gasteiger partial charge in [-0.25, -0.2) is 17.2 Å². The van der Waals surface area contributed by atoms with E-state index in [0.29, 0.717) is 17.7 Å². The molecule has 1 saturated carbocycles. The minimum Gasteiger partial charge on any atom is -0.490 e. The Morgan fingerprint density at radius 1 is 1.09 bits per heavy atom. The molecule has 0 bridgehead atoms. The second-order valence-corrected chi connectivity index (χ2v) is 10.00. The summed E-state index contributed by atoms with van der Waals surface area (Å²) in [5.41, 5.74) is -0.845. The van der Waals surface area contributed by atoms with Crippen LogP contribution in [0.2, 0.25) is 0 Å². The molecule has 0 N–H and O–H groups in total. The highest BCUT2D eigenvalue weighted by Gasteiger charge is 2.59. The number of fused-ring (bicyclic) bond motifs is 3. The highest BCUT2D eigenvalue weighted by Crippen LogP contribution is 2.57. The number of hydrogen-bond acceptors (Lipinski definition) is 4. The van der Waals surface area contributed by atoms with E-state index in [2.05, 4.69) is 0 Å². The zero-order valence-corrected chi connectivity index (χ0v) is 17.2. The van der Waals surface area contributed by atoms with Crippen molar-refractivity contribution in [2.24, 2.45) is 5.92 Å². The molecule has 4 rings (SSSR count). The molecule has 10 heteroatoms. The number of nitriles is 1. The third-order valence-corrected chi connectivity index (χ3v) is 8.73. The van der Waals surface area contributed by atoms with Gasteiger partial charge in [-0.1, -0.05) is 5.57 Å². The Morgan fingerprint density at radius 2 is 1.75 bits per heavy atom. The Kier molecular flexibility index (Phi) is 5.28. The number of rotatable bonds is 2. The van der Waals surface area contributed by atoms with E-state index in [-0.39, 0.29) is 25.9 Å². The molecule has 1 aliphatic carbocycles. The fraction of sp³-hybridized carbons (Fsp3) is 0.318. The number of nitrogens with zero attached hydrogens (tertiary/aromatic N) is 1. The van der Waals surface area contributed by atoms with Crippen molar-refractivity contribution in [3.63, 3.8) is 0 Å². The monoisotopic (exact) mass is 469 g/mol. The van der Waals surface area contributed by atoms with Crippen LogP contribution in [-0.2, 0) is 20.8 Å². The summed E-state index contributed by atoms with van der Waals surface area (Å²) < 4.78 is 99.6. The third-order valence-electron chi connectivity index (χ3n) is 6.14. The molecule has 2 aromatic carbocycles. The molecular formula is C22H16F5NO3S. The highest BCUT2D eigenvalue weighted by atomic mass is 32.2. The number of allylic oxidation sites excluding steroid dienone is 2. The molecule has 2 atom stereocenters. The standard InChI is InChI=1S/C22H16F5NO3S/c23-17-5-6-18(24)20-19(17)21(9-7-13(8-10-28)11-15(21)12-31-20)32(29,30)16-3-1-14(2-4-16)22(25,26)27/h1-6,8,15H,7,9,11-12H2/b13-8-. The maximum atomic E-state index is 15.1. The van der Waals surface area contributed by atoms with E-state index in [1.165, 1.54) is 6.08 Å². The molecule has 168 valence electrons. The molecule has 0 spiro atoms. The largest absolute Gasteiger partial charge is 0.490 e. The van der Waals surface area contributed by atoms with Crippen LogP contribution in [-0.4, -0.2) is 15.0 Å². The zero-order valence-electron chi connectivity index (χ0n) is 16.4. The normalized spacial score (nSPS) is 24.2. The van der Waals surface area contributed by atoms with Gasteiger partial charge in [-0.15, -0.1) is 0 Å². The van der Waals surface area contributed by atoms with Crippen molar-refractivity contribution < 1.29 is 35.1 Å². The number of sulfone groups is 1. The summed E-state index contributed by atoms with van der Waals surface area (Å²) in [6.45, 7) is -0.254. The Hall–Kier alpha value is -2.93. The predicted octanol–water partition coefficient (Wildman–Crippen LogP) is 5.30. The van der Waals surface area contributed by atoms with Gasteiger partial charge >= 0.3 is 6.18 Å². The molecule has 0 amide bonds. The Labute approximate surface area is 180 Å². The van der Waals surface area contributed by atoms with Crippen LogP contribution in [0.3, 0.4) is 0 Å². The summed E-state index contributed by atoms with van der Waals surface area (Å²) >= 11 is 0. The van der Waals surface area contributed by atoms with Gasteiger partial charge in [0.2, 0.25) is 0 Å². The number of ether oxygens (including phenoxy) is 1. The van der Waals surface area contributed by atoms with Crippen molar-refractivity contribution in [3.8, 4) is 11.8 Å². The summed E-state index contributed by atoms with van der Waals surface area (Å²) in [4.78, 5) is -0.431. The molecular weight excluding hydrogens is 453 g/mol. The average Bonchev–Trinajstić information content (AvgIpc) is 2.75. The first-order valence-corrected chi connectivity index (χ1v) is 11.1. The molecule has 0 radical (unpaired) electrons. The van der Waals surface area contributed by atoms with Gasteiger partial charge < -0.3 is 4.74 Å². The van der Waals surface area contributed by atoms with Crippen LogP contribution >= 0.6 is 0 Å². The molecule has 2 aromatic rings. The summed E-state index contributed by atoms with van der Waals surface area (Å²) in [7, 11) is -4.50. The molecule has 1 aliphatic heterocycles. The van der Waals surface area contributed by atoms with Gasteiger partial charge in [0, 0.05) is 12.0 Å². The topological polar surface area (TPSA) is 67.2 Å². The van der Waals surface area contributed by atoms with Crippen LogP contribution in [0.5, 0.6) is 5.75 Å². The lowest BCUT2D eigenvalue weighted by molar-refractivity contribution is -0.137. The number of benzene rings is 2. The van der Waals surface area contributed by atoms with Gasteiger partial charge in [-0.05, 0) is 55.7 Å². The molecule has 4 nitrogen and oxygen atoms in total. The zero-order chi connectivity index (χ0) is 23.3. The summed E-state index contributed by atoms with van der Waals surface area (Å²) in [6, 6.07) is 6.47. The van der Waals surface area contributed by atoms with Crippen molar-refractivity contribution in [1.82, 2.24) is 0 Å². The van der Waals surface area contributed by atoms with E-state index in [9.17, 15) is 26.0 Å². The summed E-state index contributed by atoms with van der Waals surface area (Å²) in [6.07, 6.45) is -3.34. The van der Waals surface area contributed by atoms with E-state index < -0.39 is 60.1 Å². The minimum absolute atomic E-state index is 0.0861. The van der Waals surface area contributed by atoms with E-state index >= 15 is 4.39 Å². The van der Waals surface area contributed by atoms with Gasteiger partial charge in [0.25, 0.3) is 0 Å². The van der Waals surface area contributed by atoms with Crippen molar-refractivity contribution in [1.29, 1.82) is 5.26 Å². The van der Waals surface area contributed by atoms with Crippen LogP contribution in [0, 0.1) is 28.9 Å². The number of halogens is 5. The van der Waals surface area contributed by atoms with Gasteiger partial charge in [0.15, 0.2) is 21.4 Å². The Balaban J connectivity index is 1.95. The quantitative estimate of drug-likeness (QED) is 0.443. The molecule has 2 aliphatic rings. The Morgan fingerprint density at radius 3 is 2.38 bits per heavy atom. The van der Waals surface area contributed by atoms with Crippen LogP contribution in [0.15, 0.2) is 52.9 Å². The fourth-order valence-corrected chi connectivity index (χ4v) is 6.99. The molecule has 0 saturated heterocycles. The van der Waals surface area contributed by atoms with Gasteiger partial charge in [-0.2, -0.15) is 18.4 Å². The SMILES string of the molecule is N#C/C=C1/CCC2(S(=O)(=O)c3ccc(C(F)(F)F)cc3)c3c(F)ccc(F)c3OCC2C1. The first-order valence-electron chi connectivity index (χ1n) is 9.63. The lowest BCUT2D eigenvalue weighted by Crippen LogP contribution is -2.51. The molecule has 2 unspecified atom stereocenters. The molecule has 32 heavy (non-hydrogen) atoms. The smallest absolute Gasteiger partial charge is 0.416 e. The van der Waals surface area contributed by atoms with Gasteiger partial charge in [0.1, 0.15) is 10.6 Å². The van der Waals surface area contributed by atoms with Gasteiger partial charge in [0.05, 0.1) is 28.7 Å². The molecule has 1 heterocycles. The lowest BCUT2D eigenvalue weighted by Gasteiger charge is -2.47. The van der Waals surface area contributed by atoms with Crippen molar-refractivity contribution in [3.05, 3.63) is 70.8 Å². The van der Waals surface area contributed by atoms with Gasteiger partial charge in [-0.3, -0.25) is 0 Å². The van der Waals surface area contributed by atoms with E-state index in [4.69, 9.17) is 10.00 Å². The van der Waals surface area contributed by atoms with Crippen LogP contribution in [0.25, 0.3) is 0 Å². The van der Waals surface area contributed by atoms with Crippen LogP contribution in [0.1, 0.15) is 30.4 Å². The maximum absolute atomic E-state index is 15.1. The summed E-state index contributed by atoms with van der Waals surface area (Å²) in [5.74, 6) is -3.29. The van der Waals surface area contributed by atoms with Crippen LogP contribution in [0.4, 0.5) is 22.0 Å². The van der Waals surface area contributed by atoms with Crippen LogP contribution < -0.4 is 4.74 Å². The highest BCUT2D eigenvalue weighted by molar-refractivity contribution is 7.92. The molecule has 1 fully saturated rings. The lowest BCUT2D eigenvalue weighted by atomic mass is 9.71. The number of alkyl halides is 3. The second-order valence-electron chi connectivity index (χ2n) is 7.79. The van der Waals surface area contributed by atoms with Crippen molar-refractivity contribution in [2.75, 3.05) is 6.61 Å². The second kappa shape index (κ2) is 7.59. The van der Waals surface area contributed by atoms with E-state index in [1.807, 2.05) is 6.07 Å². The third kappa shape index (κ3) is 3.26. The average molecular weight is 469 g/mol. The maximum Gasteiger partial charge on any atom is 0.416 e. The molecule has 0 aromatic heterocycles. The van der Waals surface area contributed by atoms with E-state index in [0.717, 1.165) is 24.3 Å². The Bertz CT molecular complexity index is 1250. The van der Waals surface area contributed by atoms with Crippen molar-refractivity contribution >= 4 is 9.84 Å². The minimum atomic E-state index is -4.66. The predicted molar refractivity (Wildman–Crippen MR) is 103 cm³/mol. The van der Waals surface area contributed by atoms with E-state index in [1.54, 1.807) is 0 Å². The number of hydrogen-bond donors (Lipinski definition) is 0. The summed E-state index contributed by atoms with van der Waals surface area (Å²) in [5, 5.41) is 8.97.